The van der Waals surface area contributed by atoms with Gasteiger partial charge in [0.2, 0.25) is 0 Å². The van der Waals surface area contributed by atoms with Crippen LogP contribution < -0.4 is 0 Å². The molecule has 0 aliphatic rings. The normalized spacial score (nSPS) is 15.6. The summed E-state index contributed by atoms with van der Waals surface area (Å²) in [6.07, 6.45) is 3.34. The van der Waals surface area contributed by atoms with E-state index in [9.17, 15) is 4.21 Å². The summed E-state index contributed by atoms with van der Waals surface area (Å²) in [5.74, 6) is 0. The molecule has 0 saturated heterocycles. The summed E-state index contributed by atoms with van der Waals surface area (Å²) in [5, 5.41) is 0.489. The minimum absolute atomic E-state index is 0.0229. The van der Waals surface area contributed by atoms with Crippen molar-refractivity contribution >= 4 is 22.4 Å². The smallest absolute Gasteiger partial charge is 0.129 e. The Balaban J connectivity index is 2.89. The third-order valence-corrected chi connectivity index (χ3v) is 3.21. The molecule has 1 rings (SSSR count). The van der Waals surface area contributed by atoms with Gasteiger partial charge in [0.15, 0.2) is 0 Å². The average molecular weight is 204 g/mol. The highest BCUT2D eigenvalue weighted by Crippen LogP contribution is 2.17. The maximum atomic E-state index is 11.1. The molecule has 0 amide bonds. The quantitative estimate of drug-likeness (QED) is 0.690. The fraction of sp³-hybridized carbons (Fsp3) is 0.375. The SMILES string of the molecule is CC(c1ccc(Cl)nc1)S(C)=O. The van der Waals surface area contributed by atoms with Gasteiger partial charge in [-0.2, -0.15) is 0 Å². The number of pyridine rings is 1. The Morgan fingerprint density at radius 2 is 2.25 bits per heavy atom. The van der Waals surface area contributed by atoms with Crippen molar-refractivity contribution in [2.75, 3.05) is 6.26 Å². The van der Waals surface area contributed by atoms with Crippen molar-refractivity contribution in [3.8, 4) is 0 Å². The van der Waals surface area contributed by atoms with E-state index in [0.717, 1.165) is 5.56 Å². The summed E-state index contributed by atoms with van der Waals surface area (Å²) in [6.45, 7) is 1.90. The molecule has 0 radical (unpaired) electrons. The molecule has 1 aromatic heterocycles. The zero-order valence-corrected chi connectivity index (χ0v) is 8.52. The fourth-order valence-corrected chi connectivity index (χ4v) is 1.45. The molecule has 4 heteroatoms. The standard InChI is InChI=1S/C8H10ClNOS/c1-6(12(2)11)7-3-4-8(9)10-5-7/h3-6H,1-2H3. The summed E-state index contributed by atoms with van der Waals surface area (Å²) in [6, 6.07) is 3.56. The predicted octanol–water partition coefficient (Wildman–Crippen LogP) is 2.17. The third kappa shape index (κ3) is 2.29. The van der Waals surface area contributed by atoms with Crippen LogP contribution in [0.3, 0.4) is 0 Å². The zero-order chi connectivity index (χ0) is 9.14. The van der Waals surface area contributed by atoms with Gasteiger partial charge in [-0.1, -0.05) is 17.7 Å². The van der Waals surface area contributed by atoms with Gasteiger partial charge in [0.1, 0.15) is 5.15 Å². The van der Waals surface area contributed by atoms with Crippen molar-refractivity contribution in [3.63, 3.8) is 0 Å². The number of hydrogen-bond acceptors (Lipinski definition) is 2. The van der Waals surface area contributed by atoms with Gasteiger partial charge < -0.3 is 0 Å². The summed E-state index contributed by atoms with van der Waals surface area (Å²) >= 11 is 5.61. The lowest BCUT2D eigenvalue weighted by molar-refractivity contribution is 0.680. The van der Waals surface area contributed by atoms with Crippen LogP contribution in [0.25, 0.3) is 0 Å². The van der Waals surface area contributed by atoms with Crippen LogP contribution in [0, 0.1) is 0 Å². The van der Waals surface area contributed by atoms with Crippen molar-refractivity contribution in [1.82, 2.24) is 4.98 Å². The van der Waals surface area contributed by atoms with E-state index in [1.54, 1.807) is 18.5 Å². The Hall–Kier alpha value is -0.410. The number of nitrogens with zero attached hydrogens (tertiary/aromatic N) is 1. The molecule has 1 heterocycles. The van der Waals surface area contributed by atoms with E-state index in [-0.39, 0.29) is 5.25 Å². The molecule has 66 valence electrons. The number of rotatable bonds is 2. The average Bonchev–Trinajstić information content (AvgIpc) is 2.04. The lowest BCUT2D eigenvalue weighted by atomic mass is 10.2. The van der Waals surface area contributed by atoms with Crippen LogP contribution in [0.1, 0.15) is 17.7 Å². The molecule has 1 aromatic rings. The molecule has 0 aliphatic carbocycles. The van der Waals surface area contributed by atoms with Crippen LogP contribution >= 0.6 is 11.6 Å². The number of hydrogen-bond donors (Lipinski definition) is 0. The van der Waals surface area contributed by atoms with Gasteiger partial charge in [0.25, 0.3) is 0 Å². The minimum Gasteiger partial charge on any atom is -0.259 e. The minimum atomic E-state index is -0.851. The molecule has 0 aliphatic heterocycles. The van der Waals surface area contributed by atoms with E-state index >= 15 is 0 Å². The van der Waals surface area contributed by atoms with Gasteiger partial charge in [-0.15, -0.1) is 0 Å². The molecule has 0 aromatic carbocycles. The first kappa shape index (κ1) is 9.68. The monoisotopic (exact) mass is 203 g/mol. The third-order valence-electron chi connectivity index (χ3n) is 1.72. The second-order valence-corrected chi connectivity index (χ2v) is 4.65. The van der Waals surface area contributed by atoms with E-state index in [1.165, 1.54) is 0 Å². The molecule has 0 spiro atoms. The van der Waals surface area contributed by atoms with Gasteiger partial charge in [-0.3, -0.25) is 4.21 Å². The van der Waals surface area contributed by atoms with E-state index in [0.29, 0.717) is 5.15 Å². The van der Waals surface area contributed by atoms with Gasteiger partial charge in [-0.05, 0) is 18.6 Å². The van der Waals surface area contributed by atoms with Crippen LogP contribution in [0.2, 0.25) is 5.15 Å². The molecule has 12 heavy (non-hydrogen) atoms. The molecule has 2 nitrogen and oxygen atoms in total. The molecule has 0 fully saturated rings. The first-order valence-electron chi connectivity index (χ1n) is 3.55. The molecule has 2 atom stereocenters. The van der Waals surface area contributed by atoms with Crippen LogP contribution in [0.5, 0.6) is 0 Å². The highest BCUT2D eigenvalue weighted by atomic mass is 35.5. The van der Waals surface area contributed by atoms with Gasteiger partial charge in [-0.25, -0.2) is 4.98 Å². The van der Waals surface area contributed by atoms with Crippen molar-refractivity contribution in [3.05, 3.63) is 29.0 Å². The lowest BCUT2D eigenvalue weighted by Crippen LogP contribution is -2.00. The van der Waals surface area contributed by atoms with Crippen molar-refractivity contribution in [2.45, 2.75) is 12.2 Å². The summed E-state index contributed by atoms with van der Waals surface area (Å²) in [5.41, 5.74) is 0.959. The zero-order valence-electron chi connectivity index (χ0n) is 6.95. The molecular formula is C8H10ClNOS. The Morgan fingerprint density at radius 3 is 2.67 bits per heavy atom. The highest BCUT2D eigenvalue weighted by Gasteiger charge is 2.08. The molecular weight excluding hydrogens is 194 g/mol. The van der Waals surface area contributed by atoms with Gasteiger partial charge in [0, 0.05) is 23.3 Å². The Kier molecular flexibility index (Phi) is 3.23. The molecule has 0 saturated carbocycles. The van der Waals surface area contributed by atoms with Gasteiger partial charge in [0.05, 0.1) is 5.25 Å². The van der Waals surface area contributed by atoms with E-state index in [1.807, 2.05) is 13.0 Å². The number of aromatic nitrogens is 1. The largest absolute Gasteiger partial charge is 0.259 e. The predicted molar refractivity (Wildman–Crippen MR) is 51.7 cm³/mol. The lowest BCUT2D eigenvalue weighted by Gasteiger charge is -2.06. The molecule has 0 N–H and O–H groups in total. The van der Waals surface area contributed by atoms with Gasteiger partial charge >= 0.3 is 0 Å². The van der Waals surface area contributed by atoms with Crippen molar-refractivity contribution < 1.29 is 4.21 Å². The molecule has 0 bridgehead atoms. The highest BCUT2D eigenvalue weighted by molar-refractivity contribution is 7.84. The second kappa shape index (κ2) is 4.01. The Labute approximate surface area is 79.4 Å². The fourth-order valence-electron chi connectivity index (χ4n) is 0.819. The van der Waals surface area contributed by atoms with Crippen LogP contribution in [0.4, 0.5) is 0 Å². The maximum absolute atomic E-state index is 11.1. The van der Waals surface area contributed by atoms with E-state index in [2.05, 4.69) is 4.98 Å². The topological polar surface area (TPSA) is 30.0 Å². The Morgan fingerprint density at radius 1 is 1.58 bits per heavy atom. The van der Waals surface area contributed by atoms with Crippen molar-refractivity contribution in [2.24, 2.45) is 0 Å². The van der Waals surface area contributed by atoms with Crippen LogP contribution in [-0.2, 0) is 10.8 Å². The van der Waals surface area contributed by atoms with Crippen LogP contribution in [-0.4, -0.2) is 15.4 Å². The van der Waals surface area contributed by atoms with E-state index in [4.69, 9.17) is 11.6 Å². The van der Waals surface area contributed by atoms with E-state index < -0.39 is 10.8 Å². The summed E-state index contributed by atoms with van der Waals surface area (Å²) in [7, 11) is -0.851. The molecule has 2 unspecified atom stereocenters. The second-order valence-electron chi connectivity index (χ2n) is 2.56. The first-order chi connectivity index (χ1) is 5.61. The summed E-state index contributed by atoms with van der Waals surface area (Å²) < 4.78 is 11.1. The maximum Gasteiger partial charge on any atom is 0.129 e. The summed E-state index contributed by atoms with van der Waals surface area (Å²) in [4.78, 5) is 3.91. The first-order valence-corrected chi connectivity index (χ1v) is 5.55. The van der Waals surface area contributed by atoms with Crippen molar-refractivity contribution in [1.29, 1.82) is 0 Å². The number of halogens is 1. The Bertz CT molecular complexity index is 286. The van der Waals surface area contributed by atoms with Crippen LogP contribution in [0.15, 0.2) is 18.3 Å².